The monoisotopic (exact) mass is 227 g/mol. The van der Waals surface area contributed by atoms with E-state index in [1.807, 2.05) is 0 Å². The minimum atomic E-state index is 0.557. The summed E-state index contributed by atoms with van der Waals surface area (Å²) in [5.74, 6) is 0.557. The molecule has 0 bridgehead atoms. The summed E-state index contributed by atoms with van der Waals surface area (Å²) < 4.78 is 0. The summed E-state index contributed by atoms with van der Waals surface area (Å²) in [6.07, 6.45) is 9.26. The summed E-state index contributed by atoms with van der Waals surface area (Å²) in [5.41, 5.74) is 4.14. The third kappa shape index (κ3) is 2.79. The van der Waals surface area contributed by atoms with Crippen LogP contribution in [0.1, 0.15) is 31.2 Å². The molecule has 0 N–H and O–H groups in total. The largest absolute Gasteiger partial charge is 0.378 e. The highest BCUT2D eigenvalue weighted by Gasteiger charge is 2.10. The molecule has 2 rings (SSSR count). The first-order valence-corrected chi connectivity index (χ1v) is 6.35. The molecule has 0 aliphatic heterocycles. The van der Waals surface area contributed by atoms with Crippen molar-refractivity contribution in [2.24, 2.45) is 0 Å². The lowest BCUT2D eigenvalue weighted by Gasteiger charge is -2.18. The van der Waals surface area contributed by atoms with Crippen molar-refractivity contribution < 1.29 is 0 Å². The summed E-state index contributed by atoms with van der Waals surface area (Å²) in [4.78, 5) is 2.13. The van der Waals surface area contributed by atoms with Gasteiger partial charge in [-0.1, -0.05) is 42.9 Å². The third-order valence-corrected chi connectivity index (χ3v) is 3.42. The van der Waals surface area contributed by atoms with E-state index in [1.54, 1.807) is 0 Å². The van der Waals surface area contributed by atoms with Crippen LogP contribution in [-0.4, -0.2) is 14.1 Å². The first kappa shape index (κ1) is 12.0. The number of hydrogen-bond acceptors (Lipinski definition) is 1. The average molecular weight is 227 g/mol. The van der Waals surface area contributed by atoms with Crippen LogP contribution >= 0.6 is 0 Å². The molecule has 0 fully saturated rings. The number of benzene rings is 1. The lowest BCUT2D eigenvalue weighted by atomic mass is 9.89. The Balaban J connectivity index is 2.10. The van der Waals surface area contributed by atoms with Crippen LogP contribution < -0.4 is 4.90 Å². The van der Waals surface area contributed by atoms with Gasteiger partial charge in [-0.15, -0.1) is 0 Å². The molecule has 17 heavy (non-hydrogen) atoms. The summed E-state index contributed by atoms with van der Waals surface area (Å²) in [6.45, 7) is 2.21. The smallest absolute Gasteiger partial charge is 0.0361 e. The Kier molecular flexibility index (Phi) is 3.68. The van der Waals surface area contributed by atoms with Crippen molar-refractivity contribution in [2.45, 2.75) is 25.7 Å². The van der Waals surface area contributed by atoms with Crippen LogP contribution in [0, 0.1) is 0 Å². The minimum absolute atomic E-state index is 0.557. The van der Waals surface area contributed by atoms with E-state index in [9.17, 15) is 0 Å². The lowest BCUT2D eigenvalue weighted by Crippen LogP contribution is -2.08. The van der Waals surface area contributed by atoms with Gasteiger partial charge in [0.25, 0.3) is 0 Å². The third-order valence-electron chi connectivity index (χ3n) is 3.42. The van der Waals surface area contributed by atoms with E-state index in [2.05, 4.69) is 68.4 Å². The Bertz CT molecular complexity index is 423. The van der Waals surface area contributed by atoms with E-state index in [4.69, 9.17) is 0 Å². The first-order chi connectivity index (χ1) is 8.20. The summed E-state index contributed by atoms with van der Waals surface area (Å²) in [5, 5.41) is 0. The fourth-order valence-electron chi connectivity index (χ4n) is 2.19. The Hall–Kier alpha value is -1.50. The van der Waals surface area contributed by atoms with Crippen LogP contribution in [0.25, 0.3) is 0 Å². The molecule has 0 heterocycles. The first-order valence-electron chi connectivity index (χ1n) is 6.35. The molecule has 1 nitrogen and oxygen atoms in total. The van der Waals surface area contributed by atoms with Crippen LogP contribution in [0.3, 0.4) is 0 Å². The predicted octanol–water partition coefficient (Wildman–Crippen LogP) is 4.13. The Morgan fingerprint density at radius 1 is 1.18 bits per heavy atom. The number of hydrogen-bond donors (Lipinski definition) is 0. The van der Waals surface area contributed by atoms with Gasteiger partial charge in [-0.3, -0.25) is 0 Å². The van der Waals surface area contributed by atoms with Crippen LogP contribution in [0.15, 0.2) is 48.1 Å². The van der Waals surface area contributed by atoms with Gasteiger partial charge >= 0.3 is 0 Å². The van der Waals surface area contributed by atoms with Gasteiger partial charge in [-0.25, -0.2) is 0 Å². The quantitative estimate of drug-likeness (QED) is 0.750. The Labute approximate surface area is 104 Å². The van der Waals surface area contributed by atoms with Crippen molar-refractivity contribution in [2.75, 3.05) is 19.0 Å². The van der Waals surface area contributed by atoms with Gasteiger partial charge in [0, 0.05) is 25.7 Å². The van der Waals surface area contributed by atoms with Crippen LogP contribution in [0.5, 0.6) is 0 Å². The van der Waals surface area contributed by atoms with Crippen molar-refractivity contribution in [3.63, 3.8) is 0 Å². The molecule has 0 aromatic heterocycles. The van der Waals surface area contributed by atoms with E-state index in [1.165, 1.54) is 16.8 Å². The van der Waals surface area contributed by atoms with Crippen LogP contribution in [0.2, 0.25) is 0 Å². The maximum Gasteiger partial charge on any atom is 0.0361 e. The minimum Gasteiger partial charge on any atom is -0.378 e. The highest BCUT2D eigenvalue weighted by Crippen LogP contribution is 2.28. The molecule has 1 atom stereocenters. The fraction of sp³-hybridized carbons (Fsp3) is 0.375. The molecule has 0 amide bonds. The van der Waals surface area contributed by atoms with E-state index < -0.39 is 0 Å². The number of rotatable bonds is 3. The van der Waals surface area contributed by atoms with Gasteiger partial charge in [-0.05, 0) is 30.5 Å². The summed E-state index contributed by atoms with van der Waals surface area (Å²) in [7, 11) is 4.15. The number of nitrogens with zero attached hydrogens (tertiary/aromatic N) is 1. The van der Waals surface area contributed by atoms with Crippen LogP contribution in [-0.2, 0) is 0 Å². The second kappa shape index (κ2) is 5.22. The van der Waals surface area contributed by atoms with E-state index in [0.29, 0.717) is 5.92 Å². The molecule has 1 aliphatic carbocycles. The normalized spacial score (nSPS) is 19.0. The van der Waals surface area contributed by atoms with Crippen LogP contribution in [0.4, 0.5) is 5.69 Å². The standard InChI is InChI=1S/C16H21N/c1-4-13-5-7-14(8-6-13)15-9-11-16(12-10-15)17(2)3/h5-7,9-12,14H,4,8H2,1-3H3. The van der Waals surface area contributed by atoms with Gasteiger partial charge in [-0.2, -0.15) is 0 Å². The zero-order valence-corrected chi connectivity index (χ0v) is 11.0. The Morgan fingerprint density at radius 3 is 2.35 bits per heavy atom. The molecule has 1 unspecified atom stereocenters. The molecule has 1 aliphatic rings. The van der Waals surface area contributed by atoms with Crippen molar-refractivity contribution in [3.05, 3.63) is 53.6 Å². The van der Waals surface area contributed by atoms with Crippen molar-refractivity contribution in [3.8, 4) is 0 Å². The molecule has 0 saturated heterocycles. The summed E-state index contributed by atoms with van der Waals surface area (Å²) >= 11 is 0. The predicted molar refractivity (Wildman–Crippen MR) is 75.6 cm³/mol. The van der Waals surface area contributed by atoms with Gasteiger partial charge in [0.2, 0.25) is 0 Å². The lowest BCUT2D eigenvalue weighted by molar-refractivity contribution is 0.836. The maximum atomic E-state index is 2.37. The maximum absolute atomic E-state index is 2.37. The van der Waals surface area contributed by atoms with Crippen molar-refractivity contribution >= 4 is 5.69 Å². The summed E-state index contributed by atoms with van der Waals surface area (Å²) in [6, 6.07) is 8.88. The SMILES string of the molecule is CCC1=CCC(c2ccc(N(C)C)cc2)C=C1. The van der Waals surface area contributed by atoms with Gasteiger partial charge in [0.15, 0.2) is 0 Å². The topological polar surface area (TPSA) is 3.24 Å². The fourth-order valence-corrected chi connectivity index (χ4v) is 2.19. The molecule has 0 saturated carbocycles. The molecule has 0 spiro atoms. The zero-order valence-electron chi connectivity index (χ0n) is 11.0. The van der Waals surface area contributed by atoms with E-state index in [-0.39, 0.29) is 0 Å². The van der Waals surface area contributed by atoms with Crippen molar-refractivity contribution in [1.29, 1.82) is 0 Å². The van der Waals surface area contributed by atoms with Crippen molar-refractivity contribution in [1.82, 2.24) is 0 Å². The number of anilines is 1. The molecule has 90 valence electrons. The highest BCUT2D eigenvalue weighted by atomic mass is 15.1. The molecule has 1 aromatic carbocycles. The highest BCUT2D eigenvalue weighted by molar-refractivity contribution is 5.47. The van der Waals surface area contributed by atoms with Gasteiger partial charge in [0.05, 0.1) is 0 Å². The van der Waals surface area contributed by atoms with Gasteiger partial charge in [0.1, 0.15) is 0 Å². The molecular formula is C16H21N. The molecule has 1 heteroatoms. The molecular weight excluding hydrogens is 206 g/mol. The molecule has 0 radical (unpaired) electrons. The second-order valence-electron chi connectivity index (χ2n) is 4.82. The molecule has 1 aromatic rings. The Morgan fingerprint density at radius 2 is 1.88 bits per heavy atom. The van der Waals surface area contributed by atoms with E-state index >= 15 is 0 Å². The van der Waals surface area contributed by atoms with Gasteiger partial charge < -0.3 is 4.90 Å². The zero-order chi connectivity index (χ0) is 12.3. The average Bonchev–Trinajstić information content (AvgIpc) is 2.39. The second-order valence-corrected chi connectivity index (χ2v) is 4.82. The number of allylic oxidation sites excluding steroid dienone is 4. The van der Waals surface area contributed by atoms with E-state index in [0.717, 1.165) is 12.8 Å².